The first kappa shape index (κ1) is 19.4. The van der Waals surface area contributed by atoms with Crippen LogP contribution in [0.4, 0.5) is 0 Å². The number of hydrogen-bond donors (Lipinski definition) is 0. The highest BCUT2D eigenvalue weighted by atomic mass is 32.2. The smallest absolute Gasteiger partial charge is 0.333 e. The van der Waals surface area contributed by atoms with E-state index in [1.807, 2.05) is 0 Å². The second-order valence-corrected chi connectivity index (χ2v) is 9.87. The van der Waals surface area contributed by atoms with E-state index in [2.05, 4.69) is 6.58 Å². The van der Waals surface area contributed by atoms with E-state index in [4.69, 9.17) is 9.47 Å². The van der Waals surface area contributed by atoms with Crippen molar-refractivity contribution in [1.82, 2.24) is 0 Å². The fourth-order valence-electron chi connectivity index (χ4n) is 5.37. The minimum Gasteiger partial charge on any atom is -0.748 e. The molecule has 0 aliphatic heterocycles. The first-order valence-electron chi connectivity index (χ1n) is 9.02. The lowest BCUT2D eigenvalue weighted by Gasteiger charge is -2.59. The van der Waals surface area contributed by atoms with E-state index in [0.717, 1.165) is 19.3 Å². The number of rotatable bonds is 7. The van der Waals surface area contributed by atoms with Gasteiger partial charge in [0.15, 0.2) is 0 Å². The van der Waals surface area contributed by atoms with Gasteiger partial charge >= 0.3 is 11.9 Å². The number of carbonyl (C=O) groups excluding carboxylic acids is 2. The SMILES string of the molecule is C=C(C)C(=O)OC12CC3CC(C1)CC(C(=O)OCCCS(=O)(=O)[O-])(C3)C2. The molecule has 0 heterocycles. The van der Waals surface area contributed by atoms with Crippen LogP contribution < -0.4 is 0 Å². The molecule has 2 unspecified atom stereocenters. The molecule has 0 N–H and O–H groups in total. The van der Waals surface area contributed by atoms with E-state index in [0.29, 0.717) is 36.7 Å². The van der Waals surface area contributed by atoms with Crippen LogP contribution in [0.5, 0.6) is 0 Å². The van der Waals surface area contributed by atoms with Gasteiger partial charge in [-0.05, 0) is 57.3 Å². The summed E-state index contributed by atoms with van der Waals surface area (Å²) in [6, 6.07) is 0. The first-order valence-corrected chi connectivity index (χ1v) is 10.6. The molecule has 26 heavy (non-hydrogen) atoms. The predicted octanol–water partition coefficient (Wildman–Crippen LogP) is 1.92. The fourth-order valence-corrected chi connectivity index (χ4v) is 5.85. The molecule has 0 aromatic carbocycles. The Bertz CT molecular complexity index is 710. The minimum absolute atomic E-state index is 0.00367. The van der Waals surface area contributed by atoms with Crippen LogP contribution in [0.15, 0.2) is 12.2 Å². The predicted molar refractivity (Wildman–Crippen MR) is 90.9 cm³/mol. The van der Waals surface area contributed by atoms with Gasteiger partial charge in [0.25, 0.3) is 0 Å². The van der Waals surface area contributed by atoms with Gasteiger partial charge in [0, 0.05) is 17.7 Å². The van der Waals surface area contributed by atoms with Gasteiger partial charge in [-0.1, -0.05) is 6.58 Å². The van der Waals surface area contributed by atoms with Gasteiger partial charge in [0.1, 0.15) is 5.60 Å². The van der Waals surface area contributed by atoms with Crippen LogP contribution in [0.3, 0.4) is 0 Å². The molecule has 0 radical (unpaired) electrons. The Kier molecular flexibility index (Phi) is 4.94. The summed E-state index contributed by atoms with van der Waals surface area (Å²) in [4.78, 5) is 24.9. The van der Waals surface area contributed by atoms with Crippen LogP contribution in [-0.4, -0.2) is 42.9 Å². The Morgan fingerprint density at radius 1 is 1.19 bits per heavy atom. The Balaban J connectivity index is 1.68. The summed E-state index contributed by atoms with van der Waals surface area (Å²) in [6.45, 7) is 5.16. The van der Waals surface area contributed by atoms with Gasteiger partial charge in [-0.3, -0.25) is 4.79 Å². The monoisotopic (exact) mass is 385 g/mol. The molecule has 4 rings (SSSR count). The highest BCUT2D eigenvalue weighted by molar-refractivity contribution is 7.85. The van der Waals surface area contributed by atoms with Crippen molar-refractivity contribution in [1.29, 1.82) is 0 Å². The van der Waals surface area contributed by atoms with Crippen LogP contribution >= 0.6 is 0 Å². The summed E-state index contributed by atoms with van der Waals surface area (Å²) in [7, 11) is -4.31. The Hall–Kier alpha value is -1.41. The molecule has 7 nitrogen and oxygen atoms in total. The zero-order valence-electron chi connectivity index (χ0n) is 15.0. The maximum absolute atomic E-state index is 12.8. The van der Waals surface area contributed by atoms with Crippen LogP contribution in [0.2, 0.25) is 0 Å². The van der Waals surface area contributed by atoms with Crippen molar-refractivity contribution in [3.05, 3.63) is 12.2 Å². The molecule has 8 heteroatoms. The maximum Gasteiger partial charge on any atom is 0.333 e. The quantitative estimate of drug-likeness (QED) is 0.285. The average molecular weight is 385 g/mol. The Morgan fingerprint density at radius 2 is 1.81 bits per heavy atom. The summed E-state index contributed by atoms with van der Waals surface area (Å²) < 4.78 is 43.0. The number of esters is 2. The van der Waals surface area contributed by atoms with Crippen LogP contribution in [-0.2, 0) is 29.2 Å². The van der Waals surface area contributed by atoms with Gasteiger partial charge in [0.05, 0.1) is 22.1 Å². The van der Waals surface area contributed by atoms with Crippen molar-refractivity contribution in [2.75, 3.05) is 12.4 Å². The van der Waals surface area contributed by atoms with Crippen molar-refractivity contribution in [3.63, 3.8) is 0 Å². The molecule has 0 spiro atoms. The van der Waals surface area contributed by atoms with Gasteiger partial charge in [-0.25, -0.2) is 13.2 Å². The van der Waals surface area contributed by atoms with E-state index < -0.39 is 32.9 Å². The van der Waals surface area contributed by atoms with Crippen LogP contribution in [0.1, 0.15) is 51.9 Å². The lowest BCUT2D eigenvalue weighted by Crippen LogP contribution is -2.60. The lowest BCUT2D eigenvalue weighted by molar-refractivity contribution is -0.210. The van der Waals surface area contributed by atoms with Crippen molar-refractivity contribution < 1.29 is 32.0 Å². The Labute approximate surface area is 153 Å². The fraction of sp³-hybridized carbons (Fsp3) is 0.778. The molecule has 4 saturated carbocycles. The number of hydrogen-bond acceptors (Lipinski definition) is 7. The van der Waals surface area contributed by atoms with Crippen LogP contribution in [0.25, 0.3) is 0 Å². The molecular formula is C18H25O7S-. The maximum atomic E-state index is 12.8. The summed E-state index contributed by atoms with van der Waals surface area (Å²) in [5, 5.41) is 0. The van der Waals surface area contributed by atoms with Gasteiger partial charge in [0.2, 0.25) is 0 Å². The van der Waals surface area contributed by atoms with E-state index >= 15 is 0 Å². The summed E-state index contributed by atoms with van der Waals surface area (Å²) >= 11 is 0. The van der Waals surface area contributed by atoms with Crippen molar-refractivity contribution in [3.8, 4) is 0 Å². The zero-order valence-corrected chi connectivity index (χ0v) is 15.8. The molecule has 4 aliphatic carbocycles. The van der Waals surface area contributed by atoms with E-state index in [9.17, 15) is 22.6 Å². The van der Waals surface area contributed by atoms with Crippen molar-refractivity contribution in [2.45, 2.75) is 57.5 Å². The molecule has 2 atom stereocenters. The zero-order chi connectivity index (χ0) is 19.2. The van der Waals surface area contributed by atoms with Gasteiger partial charge in [-0.15, -0.1) is 0 Å². The van der Waals surface area contributed by atoms with E-state index in [1.165, 1.54) is 0 Å². The highest BCUT2D eigenvalue weighted by Crippen LogP contribution is 2.63. The third-order valence-electron chi connectivity index (χ3n) is 5.87. The molecule has 146 valence electrons. The standard InChI is InChI=1S/C18H26O7S/c1-12(2)15(19)25-18-9-13-6-14(10-18)8-17(7-13,11-18)16(20)24-4-3-5-26(21,22)23/h13-14H,1,3-11H2,2H3,(H,21,22,23)/p-1. The molecule has 4 bridgehead atoms. The topological polar surface area (TPSA) is 110 Å². The third-order valence-corrected chi connectivity index (χ3v) is 6.66. The molecular weight excluding hydrogens is 360 g/mol. The van der Waals surface area contributed by atoms with Crippen molar-refractivity contribution >= 4 is 22.1 Å². The summed E-state index contributed by atoms with van der Waals surface area (Å²) in [5.74, 6) is -0.673. The van der Waals surface area contributed by atoms with E-state index in [1.54, 1.807) is 6.92 Å². The average Bonchev–Trinajstić information content (AvgIpc) is 2.48. The minimum atomic E-state index is -4.31. The number of ether oxygens (including phenoxy) is 2. The molecule has 4 aliphatic rings. The van der Waals surface area contributed by atoms with Gasteiger partial charge < -0.3 is 14.0 Å². The molecule has 0 saturated heterocycles. The lowest BCUT2D eigenvalue weighted by atomic mass is 9.48. The highest BCUT2D eigenvalue weighted by Gasteiger charge is 2.63. The van der Waals surface area contributed by atoms with Crippen molar-refractivity contribution in [2.24, 2.45) is 17.3 Å². The normalized spacial score (nSPS) is 35.2. The summed E-state index contributed by atoms with van der Waals surface area (Å²) in [5.41, 5.74) is -0.955. The molecule has 0 amide bonds. The Morgan fingerprint density at radius 3 is 2.35 bits per heavy atom. The molecule has 0 aromatic heterocycles. The third kappa shape index (κ3) is 3.96. The second kappa shape index (κ2) is 6.64. The number of carbonyl (C=O) groups is 2. The molecule has 0 aromatic rings. The summed E-state index contributed by atoms with van der Waals surface area (Å²) in [6.07, 6.45) is 4.46. The largest absolute Gasteiger partial charge is 0.748 e. The first-order chi connectivity index (χ1) is 12.0. The van der Waals surface area contributed by atoms with Crippen LogP contribution in [0, 0.1) is 17.3 Å². The molecule has 4 fully saturated rings. The second-order valence-electron chi connectivity index (χ2n) is 8.35. The van der Waals surface area contributed by atoms with E-state index in [-0.39, 0.29) is 19.0 Å². The van der Waals surface area contributed by atoms with Gasteiger partial charge in [-0.2, -0.15) is 0 Å².